The lowest BCUT2D eigenvalue weighted by Crippen LogP contribution is -2.63. The molecule has 10 heteroatoms. The van der Waals surface area contributed by atoms with Crippen molar-refractivity contribution < 1.29 is 38.1 Å². The summed E-state index contributed by atoms with van der Waals surface area (Å²) in [5.74, 6) is -3.63. The Hall–Kier alpha value is -3.04. The minimum Gasteiger partial charge on any atom is -0.450 e. The Balaban J connectivity index is 6.66. The second kappa shape index (κ2) is 10.8. The molecule has 0 radical (unpaired) electrons. The predicted molar refractivity (Wildman–Crippen MR) is 112 cm³/mol. The number of primary amides is 2. The number of esters is 2. The summed E-state index contributed by atoms with van der Waals surface area (Å²) in [6, 6.07) is 0. The second-order valence-electron chi connectivity index (χ2n) is 7.98. The van der Waals surface area contributed by atoms with Gasteiger partial charge in [0, 0.05) is 17.6 Å². The van der Waals surface area contributed by atoms with Crippen molar-refractivity contribution in [1.29, 1.82) is 0 Å². The van der Waals surface area contributed by atoms with E-state index in [1.54, 1.807) is 27.7 Å². The highest BCUT2D eigenvalue weighted by molar-refractivity contribution is 5.89. The highest BCUT2D eigenvalue weighted by atomic mass is 16.7. The molecule has 176 valence electrons. The molecule has 0 aromatic rings. The van der Waals surface area contributed by atoms with Gasteiger partial charge in [-0.3, -0.25) is 0 Å². The van der Waals surface area contributed by atoms with Crippen LogP contribution in [0.25, 0.3) is 0 Å². The normalized spacial score (nSPS) is 13.4. The fourth-order valence-electron chi connectivity index (χ4n) is 3.09. The van der Waals surface area contributed by atoms with Crippen LogP contribution in [0.15, 0.2) is 24.3 Å². The zero-order valence-corrected chi connectivity index (χ0v) is 19.2. The summed E-state index contributed by atoms with van der Waals surface area (Å²) in [5.41, 5.74) is 7.67. The van der Waals surface area contributed by atoms with Crippen LogP contribution in [0.4, 0.5) is 9.59 Å². The fourth-order valence-corrected chi connectivity index (χ4v) is 3.09. The lowest BCUT2D eigenvalue weighted by molar-refractivity contribution is -0.301. The van der Waals surface area contributed by atoms with E-state index in [1.807, 2.05) is 0 Å². The van der Waals surface area contributed by atoms with Gasteiger partial charge in [0.05, 0.1) is 12.0 Å². The van der Waals surface area contributed by atoms with Crippen LogP contribution in [0.2, 0.25) is 0 Å². The Labute approximate surface area is 182 Å². The molecule has 1 unspecified atom stereocenters. The van der Waals surface area contributed by atoms with Gasteiger partial charge >= 0.3 is 24.1 Å². The van der Waals surface area contributed by atoms with Crippen LogP contribution in [0, 0.1) is 5.41 Å². The molecule has 0 saturated heterocycles. The Kier molecular flexibility index (Phi) is 9.77. The van der Waals surface area contributed by atoms with Gasteiger partial charge < -0.3 is 30.4 Å². The Morgan fingerprint density at radius 3 is 1.61 bits per heavy atom. The first kappa shape index (κ1) is 28.0. The number of ether oxygens (including phenoxy) is 4. The van der Waals surface area contributed by atoms with Gasteiger partial charge in [-0.05, 0) is 47.5 Å². The van der Waals surface area contributed by atoms with Crippen molar-refractivity contribution in [2.75, 3.05) is 6.61 Å². The first-order valence-electron chi connectivity index (χ1n) is 9.73. The van der Waals surface area contributed by atoms with Gasteiger partial charge in [0.15, 0.2) is 0 Å². The van der Waals surface area contributed by atoms with E-state index < -0.39 is 40.9 Å². The quantitative estimate of drug-likeness (QED) is 0.153. The maximum absolute atomic E-state index is 12.6. The zero-order chi connectivity index (χ0) is 24.6. The molecule has 0 rings (SSSR count). The van der Waals surface area contributed by atoms with Crippen molar-refractivity contribution in [3.63, 3.8) is 0 Å². The van der Waals surface area contributed by atoms with E-state index in [4.69, 9.17) is 30.4 Å². The van der Waals surface area contributed by atoms with Crippen molar-refractivity contribution in [1.82, 2.24) is 0 Å². The van der Waals surface area contributed by atoms with Crippen LogP contribution in [-0.2, 0) is 28.5 Å². The van der Waals surface area contributed by atoms with Gasteiger partial charge in [-0.25, -0.2) is 19.2 Å². The largest absolute Gasteiger partial charge is 0.450 e. The van der Waals surface area contributed by atoms with Gasteiger partial charge in [-0.15, -0.1) is 0 Å². The molecule has 31 heavy (non-hydrogen) atoms. The standard InChI is InChI=1S/C21H34N2O8/c1-9-20(8,19(6,7)31-18(23)27)21(29-15(24)13(2)3,30-16(25)14(4)5)11-10-12-28-17(22)26/h2,4,9-12H2,1,3,5-8H3,(H2,22,26)(H2,23,27). The molecular weight excluding hydrogens is 408 g/mol. The van der Waals surface area contributed by atoms with Crippen LogP contribution in [0.5, 0.6) is 0 Å². The number of carbonyl (C=O) groups excluding carboxylic acids is 4. The third kappa shape index (κ3) is 7.01. The van der Waals surface area contributed by atoms with Crippen molar-refractivity contribution in [3.8, 4) is 0 Å². The predicted octanol–water partition coefficient (Wildman–Crippen LogP) is 3.09. The number of carbonyl (C=O) groups is 4. The number of amides is 2. The lowest BCUT2D eigenvalue weighted by Gasteiger charge is -2.52. The average Bonchev–Trinajstić information content (AvgIpc) is 2.62. The van der Waals surface area contributed by atoms with Gasteiger partial charge in [0.25, 0.3) is 5.79 Å². The highest BCUT2D eigenvalue weighted by Gasteiger charge is 2.62. The topological polar surface area (TPSA) is 157 Å². The van der Waals surface area contributed by atoms with E-state index in [0.717, 1.165) is 0 Å². The Morgan fingerprint density at radius 2 is 1.29 bits per heavy atom. The molecule has 0 aliphatic carbocycles. The third-order valence-electron chi connectivity index (χ3n) is 5.34. The fraction of sp³-hybridized carbons (Fsp3) is 0.619. The summed E-state index contributed by atoms with van der Waals surface area (Å²) in [6.07, 6.45) is -1.85. The second-order valence-corrected chi connectivity index (χ2v) is 7.98. The molecule has 0 aliphatic rings. The van der Waals surface area contributed by atoms with Gasteiger partial charge in [0.2, 0.25) is 0 Å². The van der Waals surface area contributed by atoms with E-state index in [2.05, 4.69) is 13.2 Å². The number of rotatable bonds is 12. The minimum atomic E-state index is -1.96. The summed E-state index contributed by atoms with van der Waals surface area (Å²) in [6.45, 7) is 16.3. The summed E-state index contributed by atoms with van der Waals surface area (Å²) < 4.78 is 21.5. The van der Waals surface area contributed by atoms with Crippen molar-refractivity contribution in [3.05, 3.63) is 24.3 Å². The molecule has 0 saturated carbocycles. The molecule has 1 atom stereocenters. The summed E-state index contributed by atoms with van der Waals surface area (Å²) in [7, 11) is 0. The number of hydrogen-bond acceptors (Lipinski definition) is 8. The maximum atomic E-state index is 12.6. The molecule has 0 bridgehead atoms. The number of nitrogens with two attached hydrogens (primary N) is 2. The van der Waals surface area contributed by atoms with Crippen LogP contribution in [0.3, 0.4) is 0 Å². The van der Waals surface area contributed by atoms with Crippen LogP contribution in [-0.4, -0.2) is 42.1 Å². The van der Waals surface area contributed by atoms with E-state index in [1.165, 1.54) is 13.8 Å². The van der Waals surface area contributed by atoms with Crippen molar-refractivity contribution >= 4 is 24.1 Å². The Bertz CT molecular complexity index is 716. The molecule has 0 aliphatic heterocycles. The monoisotopic (exact) mass is 442 g/mol. The SMILES string of the molecule is C=C(C)C(=O)OC(CCCOC(N)=O)(OC(=O)C(=C)C)C(C)(CC)C(C)(C)OC(N)=O. The molecule has 2 amide bonds. The molecule has 0 spiro atoms. The van der Waals surface area contributed by atoms with Crippen molar-refractivity contribution in [2.24, 2.45) is 16.9 Å². The van der Waals surface area contributed by atoms with Crippen LogP contribution in [0.1, 0.15) is 60.8 Å². The van der Waals surface area contributed by atoms with E-state index in [9.17, 15) is 19.2 Å². The van der Waals surface area contributed by atoms with Crippen LogP contribution < -0.4 is 11.5 Å². The third-order valence-corrected chi connectivity index (χ3v) is 5.34. The van der Waals surface area contributed by atoms with Crippen molar-refractivity contribution in [2.45, 2.75) is 72.2 Å². The smallest absolute Gasteiger partial charge is 0.405 e. The summed E-state index contributed by atoms with van der Waals surface area (Å²) in [5, 5.41) is 0. The highest BCUT2D eigenvalue weighted by Crippen LogP contribution is 2.51. The molecule has 0 heterocycles. The van der Waals surface area contributed by atoms with Gasteiger partial charge in [-0.2, -0.15) is 0 Å². The van der Waals surface area contributed by atoms with E-state index >= 15 is 0 Å². The minimum absolute atomic E-state index is 0.0520. The first-order valence-corrected chi connectivity index (χ1v) is 9.73. The molecule has 4 N–H and O–H groups in total. The molecule has 10 nitrogen and oxygen atoms in total. The molecular formula is C21H34N2O8. The Morgan fingerprint density at radius 1 is 0.839 bits per heavy atom. The summed E-state index contributed by atoms with van der Waals surface area (Å²) >= 11 is 0. The lowest BCUT2D eigenvalue weighted by atomic mass is 9.65. The van der Waals surface area contributed by atoms with E-state index in [0.29, 0.717) is 0 Å². The zero-order valence-electron chi connectivity index (χ0n) is 19.2. The molecule has 0 fully saturated rings. The molecule has 0 aromatic heterocycles. The van der Waals surface area contributed by atoms with Gasteiger partial charge in [-0.1, -0.05) is 20.1 Å². The van der Waals surface area contributed by atoms with Gasteiger partial charge in [0.1, 0.15) is 5.60 Å². The maximum Gasteiger partial charge on any atom is 0.405 e. The first-order chi connectivity index (χ1) is 14.0. The average molecular weight is 443 g/mol. The van der Waals surface area contributed by atoms with Crippen LogP contribution >= 0.6 is 0 Å². The number of hydrogen-bond donors (Lipinski definition) is 2. The van der Waals surface area contributed by atoms with E-state index in [-0.39, 0.29) is 37.0 Å². The summed E-state index contributed by atoms with van der Waals surface area (Å²) in [4.78, 5) is 47.7. The molecule has 0 aromatic carbocycles.